The maximum atomic E-state index is 15.4. The Morgan fingerprint density at radius 3 is 2.00 bits per heavy atom. The van der Waals surface area contributed by atoms with Gasteiger partial charge in [-0.15, -0.1) is 0 Å². The van der Waals surface area contributed by atoms with Crippen molar-refractivity contribution in [1.82, 2.24) is 9.39 Å². The number of nitrogens with one attached hydrogen (secondary N) is 1. The Kier molecular flexibility index (Phi) is 10.3. The molecule has 0 aliphatic heterocycles. The minimum Gasteiger partial charge on any atom is -0.449 e. The molecule has 1 amide bonds. The second-order valence-corrected chi connectivity index (χ2v) is 17.8. The number of aryl methyl sites for hydroxylation is 1. The molecule has 2 aliphatic rings. The molecule has 6 rings (SSSR count). The summed E-state index contributed by atoms with van der Waals surface area (Å²) in [5.74, 6) is 0.267. The van der Waals surface area contributed by atoms with Crippen molar-refractivity contribution in [1.29, 1.82) is 0 Å². The Hall–Kier alpha value is -3.97. The number of rotatable bonds is 15. The van der Waals surface area contributed by atoms with Crippen molar-refractivity contribution in [2.24, 2.45) is 17.3 Å². The summed E-state index contributed by atoms with van der Waals surface area (Å²) in [5, 5.41) is 5.30. The second-order valence-electron chi connectivity index (χ2n) is 13.4. The lowest BCUT2D eigenvalue weighted by atomic mass is 9.84. The third kappa shape index (κ3) is 7.62. The minimum atomic E-state index is -4.12. The van der Waals surface area contributed by atoms with Crippen LogP contribution < -0.4 is 15.7 Å². The third-order valence-corrected chi connectivity index (χ3v) is 14.5. The number of carbonyl (C=O) groups is 1. The van der Waals surface area contributed by atoms with Crippen LogP contribution in [0.25, 0.3) is 5.57 Å². The van der Waals surface area contributed by atoms with Gasteiger partial charge in [0.15, 0.2) is 0 Å². The van der Waals surface area contributed by atoms with Crippen LogP contribution in [0.3, 0.4) is 0 Å². The van der Waals surface area contributed by atoms with Gasteiger partial charge < -0.3 is 4.74 Å². The molecule has 0 aromatic heterocycles. The highest BCUT2D eigenvalue weighted by molar-refractivity contribution is 7.89. The molecule has 0 spiro atoms. The first kappa shape index (κ1) is 34.9. The van der Waals surface area contributed by atoms with E-state index in [2.05, 4.69) is 23.8 Å². The van der Waals surface area contributed by atoms with E-state index in [9.17, 15) is 13.2 Å². The fourth-order valence-corrected chi connectivity index (χ4v) is 11.0. The summed E-state index contributed by atoms with van der Waals surface area (Å²) in [6.45, 7) is 8.10. The first-order valence-corrected chi connectivity index (χ1v) is 20.2. The summed E-state index contributed by atoms with van der Waals surface area (Å²) in [5.41, 5.74) is 2.92. The summed E-state index contributed by atoms with van der Waals surface area (Å²) in [7, 11) is -7.41. The lowest BCUT2D eigenvalue weighted by molar-refractivity contribution is 0.130. The van der Waals surface area contributed by atoms with E-state index in [0.29, 0.717) is 6.42 Å². The number of hydrogen-bond acceptors (Lipinski definition) is 5. The van der Waals surface area contributed by atoms with Crippen molar-refractivity contribution in [3.8, 4) is 0 Å². The molecule has 4 aromatic carbocycles. The zero-order valence-electron chi connectivity index (χ0n) is 28.2. The van der Waals surface area contributed by atoms with Crippen molar-refractivity contribution in [3.05, 3.63) is 133 Å². The molecule has 2 fully saturated rings. The summed E-state index contributed by atoms with van der Waals surface area (Å²) in [4.78, 5) is 13.1. The number of amides is 1. The Morgan fingerprint density at radius 2 is 1.47 bits per heavy atom. The number of sulfonamides is 1. The molecule has 0 unspecified atom stereocenters. The van der Waals surface area contributed by atoms with Gasteiger partial charge in [0.2, 0.25) is 7.29 Å². The van der Waals surface area contributed by atoms with Crippen LogP contribution in [0.15, 0.2) is 127 Å². The lowest BCUT2D eigenvalue weighted by Gasteiger charge is -2.34. The summed E-state index contributed by atoms with van der Waals surface area (Å²) in [6, 6.07) is 35.8. The number of nitrogens with zero attached hydrogens (tertiary/aromatic N) is 1. The van der Waals surface area contributed by atoms with Gasteiger partial charge in [0, 0.05) is 23.2 Å². The normalized spacial score (nSPS) is 18.7. The van der Waals surface area contributed by atoms with E-state index in [4.69, 9.17) is 4.74 Å². The van der Waals surface area contributed by atoms with E-state index in [1.165, 1.54) is 12.1 Å². The van der Waals surface area contributed by atoms with Crippen molar-refractivity contribution in [2.45, 2.75) is 56.9 Å². The van der Waals surface area contributed by atoms with Crippen molar-refractivity contribution < 1.29 is 22.5 Å². The third-order valence-electron chi connectivity index (χ3n) is 10.0. The molecule has 1 N–H and O–H groups in total. The van der Waals surface area contributed by atoms with Gasteiger partial charge >= 0.3 is 6.09 Å². The summed E-state index contributed by atoms with van der Waals surface area (Å²) in [6.07, 6.45) is 3.15. The van der Waals surface area contributed by atoms with E-state index in [1.54, 1.807) is 19.1 Å². The van der Waals surface area contributed by atoms with E-state index < -0.39 is 23.4 Å². The fourth-order valence-electron chi connectivity index (χ4n) is 7.05. The monoisotopic (exact) mass is 696 g/mol. The van der Waals surface area contributed by atoms with E-state index in [1.807, 2.05) is 85.8 Å². The molecule has 7 nitrogen and oxygen atoms in total. The van der Waals surface area contributed by atoms with Gasteiger partial charge in [-0.1, -0.05) is 91.0 Å². The van der Waals surface area contributed by atoms with Crippen LogP contribution in [-0.4, -0.2) is 38.0 Å². The van der Waals surface area contributed by atoms with Gasteiger partial charge in [0.25, 0.3) is 10.0 Å². The van der Waals surface area contributed by atoms with Crippen LogP contribution in [0.2, 0.25) is 0 Å². The maximum absolute atomic E-state index is 15.4. The predicted octanol–water partition coefficient (Wildman–Crippen LogP) is 7.94. The Labute approximate surface area is 290 Å². The molecule has 0 bridgehead atoms. The zero-order valence-corrected chi connectivity index (χ0v) is 29.9. The fraction of sp³-hybridized carbons (Fsp3) is 0.325. The molecule has 0 heterocycles. The van der Waals surface area contributed by atoms with Crippen LogP contribution >= 0.6 is 7.29 Å². The van der Waals surface area contributed by atoms with E-state index in [0.717, 1.165) is 57.3 Å². The highest BCUT2D eigenvalue weighted by atomic mass is 32.2. The first-order chi connectivity index (χ1) is 23.6. The van der Waals surface area contributed by atoms with Gasteiger partial charge in [-0.3, -0.25) is 9.65 Å². The molecule has 3 atom stereocenters. The average Bonchev–Trinajstić information content (AvgIpc) is 4.06. The first-order valence-electron chi connectivity index (χ1n) is 17.1. The molecule has 2 aliphatic carbocycles. The molecular weight excluding hydrogens is 651 g/mol. The zero-order chi connectivity index (χ0) is 34.6. The Bertz CT molecular complexity index is 1870. The SMILES string of the molecule is C=C(CC1([C@@H](NP(=O)(c2ccccc2)c2ccccc2)[C@H]2C[C@@H]2CCN(C(=O)OCC)S(=O)(=O)c2ccc(C)cc2)CC1)c1ccccc1. The number of allylic oxidation sites excluding steroid dienone is 1. The molecule has 4 aromatic rings. The second kappa shape index (κ2) is 14.5. The highest BCUT2D eigenvalue weighted by Crippen LogP contribution is 2.63. The van der Waals surface area contributed by atoms with Crippen LogP contribution in [0.5, 0.6) is 0 Å². The highest BCUT2D eigenvalue weighted by Gasteiger charge is 2.59. The van der Waals surface area contributed by atoms with Crippen LogP contribution in [0.4, 0.5) is 4.79 Å². The predicted molar refractivity (Wildman–Crippen MR) is 197 cm³/mol. The lowest BCUT2D eigenvalue weighted by Crippen LogP contribution is -2.43. The number of benzene rings is 4. The molecule has 0 saturated heterocycles. The smallest absolute Gasteiger partial charge is 0.423 e. The van der Waals surface area contributed by atoms with Crippen LogP contribution in [0.1, 0.15) is 50.2 Å². The molecule has 49 heavy (non-hydrogen) atoms. The summed E-state index contributed by atoms with van der Waals surface area (Å²) >= 11 is 0. The van der Waals surface area contributed by atoms with Crippen molar-refractivity contribution in [2.75, 3.05) is 13.2 Å². The quantitative estimate of drug-likeness (QED) is 0.127. The van der Waals surface area contributed by atoms with Crippen LogP contribution in [-0.2, 0) is 19.3 Å². The Morgan fingerprint density at radius 1 is 0.918 bits per heavy atom. The van der Waals surface area contributed by atoms with Crippen LogP contribution in [0, 0.1) is 24.2 Å². The van der Waals surface area contributed by atoms with Gasteiger partial charge in [-0.2, -0.15) is 0 Å². The van der Waals surface area contributed by atoms with E-state index in [-0.39, 0.29) is 41.3 Å². The average molecular weight is 697 g/mol. The van der Waals surface area contributed by atoms with Gasteiger partial charge in [0.05, 0.1) is 11.5 Å². The van der Waals surface area contributed by atoms with Crippen molar-refractivity contribution in [3.63, 3.8) is 0 Å². The largest absolute Gasteiger partial charge is 0.449 e. The topological polar surface area (TPSA) is 92.8 Å². The molecule has 9 heteroatoms. The number of carbonyl (C=O) groups excluding carboxylic acids is 1. The minimum absolute atomic E-state index is 0.00167. The van der Waals surface area contributed by atoms with Crippen molar-refractivity contribution >= 4 is 39.6 Å². The molecule has 0 radical (unpaired) electrons. The van der Waals surface area contributed by atoms with Gasteiger partial charge in [0.1, 0.15) is 0 Å². The number of ether oxygens (including phenoxy) is 1. The standard InChI is InChI=1S/C40H45N2O5PS/c1-4-47-39(43)42(49(45,46)36-22-20-30(2)21-23-36)27-24-33-28-37(33)38(40(25-26-40)29-31(3)32-14-8-5-9-15-32)41-48(44,34-16-10-6-11-17-34)35-18-12-7-13-19-35/h5-23,33,37-38H,3-4,24-29H2,1-2H3,(H,41,44)/t33-,37-,38-/m0/s1. The maximum Gasteiger partial charge on any atom is 0.423 e. The molecular formula is C40H45N2O5PS. The van der Waals surface area contributed by atoms with Gasteiger partial charge in [-0.25, -0.2) is 17.5 Å². The van der Waals surface area contributed by atoms with Gasteiger partial charge in [-0.05, 0) is 111 Å². The molecule has 2 saturated carbocycles. The Balaban J connectivity index is 1.30. The van der Waals surface area contributed by atoms with E-state index >= 15 is 4.57 Å². The molecule has 256 valence electrons. The number of hydrogen-bond donors (Lipinski definition) is 1. The summed E-state index contributed by atoms with van der Waals surface area (Å²) < 4.78 is 48.9.